The Kier molecular flexibility index (Phi) is 4.57. The van der Waals surface area contributed by atoms with Gasteiger partial charge in [0.1, 0.15) is 0 Å². The van der Waals surface area contributed by atoms with Gasteiger partial charge < -0.3 is 10.2 Å². The lowest BCUT2D eigenvalue weighted by atomic mass is 10.1. The molecule has 126 valence electrons. The Hall–Kier alpha value is -2.34. The van der Waals surface area contributed by atoms with Crippen molar-refractivity contribution in [3.63, 3.8) is 0 Å². The van der Waals surface area contributed by atoms with E-state index >= 15 is 0 Å². The second-order valence-corrected chi connectivity index (χ2v) is 5.71. The summed E-state index contributed by atoms with van der Waals surface area (Å²) in [5.74, 6) is -0.317. The van der Waals surface area contributed by atoms with Crippen LogP contribution in [0.3, 0.4) is 0 Å². The number of benzene rings is 2. The van der Waals surface area contributed by atoms with Crippen LogP contribution in [0.5, 0.6) is 0 Å². The molecule has 6 heteroatoms. The molecule has 0 aromatic heterocycles. The molecule has 0 saturated carbocycles. The number of hydrogen-bond acceptors (Lipinski definition) is 2. The highest BCUT2D eigenvalue weighted by molar-refractivity contribution is 6.00. The van der Waals surface area contributed by atoms with E-state index in [0.29, 0.717) is 13.0 Å². The van der Waals surface area contributed by atoms with Crippen molar-refractivity contribution in [1.82, 2.24) is 5.32 Å². The number of para-hydroxylation sites is 1. The number of nitrogens with one attached hydrogen (secondary N) is 1. The van der Waals surface area contributed by atoms with Gasteiger partial charge in [0.05, 0.1) is 17.3 Å². The Morgan fingerprint density at radius 3 is 2.42 bits per heavy atom. The van der Waals surface area contributed by atoms with Crippen molar-refractivity contribution in [2.75, 3.05) is 11.4 Å². The molecule has 1 aliphatic heterocycles. The predicted molar refractivity (Wildman–Crippen MR) is 85.5 cm³/mol. The predicted octanol–water partition coefficient (Wildman–Crippen LogP) is 3.60. The zero-order valence-electron chi connectivity index (χ0n) is 12.9. The summed E-state index contributed by atoms with van der Waals surface area (Å²) < 4.78 is 39.4. The fraction of sp³-hybridized carbons (Fsp3) is 0.278. The molecule has 3 rings (SSSR count). The van der Waals surface area contributed by atoms with Crippen molar-refractivity contribution in [3.05, 3.63) is 65.7 Å². The number of nitrogens with zero attached hydrogens (tertiary/aromatic N) is 1. The van der Waals surface area contributed by atoms with Gasteiger partial charge >= 0.3 is 6.18 Å². The van der Waals surface area contributed by atoms with Gasteiger partial charge in [-0.1, -0.05) is 42.5 Å². The molecule has 0 aliphatic carbocycles. The summed E-state index contributed by atoms with van der Waals surface area (Å²) in [5.41, 5.74) is 0.181. The minimum Gasteiger partial charge on any atom is -0.310 e. The summed E-state index contributed by atoms with van der Waals surface area (Å²) in [4.78, 5) is 13.7. The molecule has 1 fully saturated rings. The summed E-state index contributed by atoms with van der Waals surface area (Å²) in [5, 5.41) is 3.13. The van der Waals surface area contributed by atoms with Crippen LogP contribution < -0.4 is 10.2 Å². The van der Waals surface area contributed by atoms with Crippen molar-refractivity contribution in [2.45, 2.75) is 25.2 Å². The van der Waals surface area contributed by atoms with Crippen LogP contribution in [0.15, 0.2) is 54.6 Å². The molecule has 1 amide bonds. The molecule has 1 atom stereocenters. The van der Waals surface area contributed by atoms with Crippen molar-refractivity contribution < 1.29 is 18.0 Å². The van der Waals surface area contributed by atoms with Gasteiger partial charge in [-0.15, -0.1) is 0 Å². The Bertz CT molecular complexity index is 716. The number of carbonyl (C=O) groups is 1. The largest absolute Gasteiger partial charge is 0.418 e. The molecule has 0 bridgehead atoms. The molecule has 1 saturated heterocycles. The van der Waals surface area contributed by atoms with E-state index < -0.39 is 17.8 Å². The first-order valence-corrected chi connectivity index (χ1v) is 7.72. The van der Waals surface area contributed by atoms with E-state index in [9.17, 15) is 18.0 Å². The topological polar surface area (TPSA) is 32.3 Å². The van der Waals surface area contributed by atoms with Crippen molar-refractivity contribution in [3.8, 4) is 0 Å². The van der Waals surface area contributed by atoms with Gasteiger partial charge in [-0.05, 0) is 24.1 Å². The average Bonchev–Trinajstić information content (AvgIpc) is 2.94. The number of halogens is 3. The third-order valence-electron chi connectivity index (χ3n) is 4.10. The van der Waals surface area contributed by atoms with Crippen molar-refractivity contribution >= 4 is 11.6 Å². The van der Waals surface area contributed by atoms with Gasteiger partial charge in [-0.3, -0.25) is 4.79 Å². The fourth-order valence-corrected chi connectivity index (χ4v) is 2.89. The minimum atomic E-state index is -4.48. The van der Waals surface area contributed by atoms with Gasteiger partial charge in [-0.25, -0.2) is 0 Å². The summed E-state index contributed by atoms with van der Waals surface area (Å²) in [6, 6.07) is 14.3. The second-order valence-electron chi connectivity index (χ2n) is 5.71. The van der Waals surface area contributed by atoms with E-state index in [2.05, 4.69) is 5.32 Å². The van der Waals surface area contributed by atoms with E-state index in [4.69, 9.17) is 0 Å². The maximum absolute atomic E-state index is 13.1. The molecular formula is C18H17F3N2O. The van der Waals surface area contributed by atoms with Crippen LogP contribution in [0, 0.1) is 0 Å². The highest BCUT2D eigenvalue weighted by Crippen LogP contribution is 2.37. The Morgan fingerprint density at radius 2 is 1.71 bits per heavy atom. The van der Waals surface area contributed by atoms with E-state index in [1.807, 2.05) is 30.3 Å². The molecule has 1 heterocycles. The summed E-state index contributed by atoms with van der Waals surface area (Å²) >= 11 is 0. The molecule has 0 spiro atoms. The van der Waals surface area contributed by atoms with Gasteiger partial charge in [-0.2, -0.15) is 13.2 Å². The normalized spacial score (nSPS) is 18.2. The SMILES string of the molecule is O=C1[C@H](NCc2ccccc2)CCN1c1ccccc1C(F)(F)F. The molecule has 1 N–H and O–H groups in total. The lowest BCUT2D eigenvalue weighted by Crippen LogP contribution is -2.38. The number of anilines is 1. The fourth-order valence-electron chi connectivity index (χ4n) is 2.89. The molecule has 3 nitrogen and oxygen atoms in total. The third-order valence-corrected chi connectivity index (χ3v) is 4.10. The Morgan fingerprint density at radius 1 is 1.04 bits per heavy atom. The molecule has 2 aromatic carbocycles. The van der Waals surface area contributed by atoms with Gasteiger partial charge in [0, 0.05) is 13.1 Å². The van der Waals surface area contributed by atoms with E-state index in [1.54, 1.807) is 0 Å². The Balaban J connectivity index is 1.73. The summed E-state index contributed by atoms with van der Waals surface area (Å²) in [7, 11) is 0. The van der Waals surface area contributed by atoms with Gasteiger partial charge in [0.25, 0.3) is 0 Å². The zero-order valence-corrected chi connectivity index (χ0v) is 12.9. The van der Waals surface area contributed by atoms with Gasteiger partial charge in [0.2, 0.25) is 5.91 Å². The first-order valence-electron chi connectivity index (χ1n) is 7.72. The molecular weight excluding hydrogens is 317 g/mol. The smallest absolute Gasteiger partial charge is 0.310 e. The Labute approximate surface area is 138 Å². The molecule has 24 heavy (non-hydrogen) atoms. The lowest BCUT2D eigenvalue weighted by molar-refractivity contribution is -0.137. The second kappa shape index (κ2) is 6.65. The highest BCUT2D eigenvalue weighted by atomic mass is 19.4. The highest BCUT2D eigenvalue weighted by Gasteiger charge is 2.39. The molecule has 1 aliphatic rings. The van der Waals surface area contributed by atoms with Crippen LogP contribution in [0.4, 0.5) is 18.9 Å². The van der Waals surface area contributed by atoms with Gasteiger partial charge in [0.15, 0.2) is 0 Å². The van der Waals surface area contributed by atoms with Crippen LogP contribution in [0.2, 0.25) is 0 Å². The quantitative estimate of drug-likeness (QED) is 0.926. The lowest BCUT2D eigenvalue weighted by Gasteiger charge is -2.21. The summed E-state index contributed by atoms with van der Waals surface area (Å²) in [6.45, 7) is 0.782. The summed E-state index contributed by atoms with van der Waals surface area (Å²) in [6.07, 6.45) is -4.00. The number of carbonyl (C=O) groups excluding carboxylic acids is 1. The van der Waals surface area contributed by atoms with Crippen LogP contribution in [0.1, 0.15) is 17.5 Å². The van der Waals surface area contributed by atoms with Crippen LogP contribution >= 0.6 is 0 Å². The number of hydrogen-bond donors (Lipinski definition) is 1. The first-order chi connectivity index (χ1) is 11.5. The van der Waals surface area contributed by atoms with Crippen LogP contribution in [0.25, 0.3) is 0 Å². The van der Waals surface area contributed by atoms with E-state index in [-0.39, 0.29) is 18.1 Å². The number of alkyl halides is 3. The maximum Gasteiger partial charge on any atom is 0.418 e. The van der Waals surface area contributed by atoms with Crippen LogP contribution in [-0.4, -0.2) is 18.5 Å². The van der Waals surface area contributed by atoms with E-state index in [1.165, 1.54) is 23.1 Å². The monoisotopic (exact) mass is 334 g/mol. The third kappa shape index (κ3) is 3.43. The van der Waals surface area contributed by atoms with Crippen molar-refractivity contribution in [2.24, 2.45) is 0 Å². The minimum absolute atomic E-state index is 0.0704. The number of rotatable bonds is 4. The zero-order chi connectivity index (χ0) is 17.2. The first kappa shape index (κ1) is 16.5. The maximum atomic E-state index is 13.1. The van der Waals surface area contributed by atoms with Crippen LogP contribution in [-0.2, 0) is 17.5 Å². The standard InChI is InChI=1S/C18H17F3N2O/c19-18(20,21)14-8-4-5-9-16(14)23-11-10-15(17(23)24)22-12-13-6-2-1-3-7-13/h1-9,15,22H,10-12H2/t15-/m1/s1. The average molecular weight is 334 g/mol. The number of amides is 1. The molecule has 0 radical (unpaired) electrons. The van der Waals surface area contributed by atoms with Crippen molar-refractivity contribution in [1.29, 1.82) is 0 Å². The van der Waals surface area contributed by atoms with E-state index in [0.717, 1.165) is 11.6 Å². The molecule has 0 unspecified atom stereocenters. The molecule has 2 aromatic rings.